The number of carbonyl (C=O) groups excluding carboxylic acids is 1. The number of carbonyl (C=O) groups is 1. The van der Waals surface area contributed by atoms with Gasteiger partial charge in [-0.2, -0.15) is 11.8 Å². The van der Waals surface area contributed by atoms with Crippen LogP contribution in [0.15, 0.2) is 0 Å². The molecule has 1 fully saturated rings. The highest BCUT2D eigenvalue weighted by atomic mass is 32.2. The molecule has 17 heavy (non-hydrogen) atoms. The third kappa shape index (κ3) is 3.38. The van der Waals surface area contributed by atoms with Crippen molar-refractivity contribution < 1.29 is 4.79 Å². The molecule has 1 aliphatic heterocycles. The predicted molar refractivity (Wildman–Crippen MR) is 75.2 cm³/mol. The second-order valence-electron chi connectivity index (χ2n) is 5.47. The third-order valence-electron chi connectivity index (χ3n) is 3.53. The summed E-state index contributed by atoms with van der Waals surface area (Å²) in [5.41, 5.74) is -0.349. The van der Waals surface area contributed by atoms with E-state index in [0.29, 0.717) is 5.92 Å². The van der Waals surface area contributed by atoms with E-state index in [-0.39, 0.29) is 17.6 Å². The molecule has 2 atom stereocenters. The van der Waals surface area contributed by atoms with E-state index in [1.807, 2.05) is 11.8 Å². The van der Waals surface area contributed by atoms with E-state index >= 15 is 0 Å². The fourth-order valence-electron chi connectivity index (χ4n) is 2.30. The molecule has 0 aliphatic carbocycles. The molecule has 2 unspecified atom stereocenters. The first-order valence-corrected chi connectivity index (χ1v) is 7.91. The van der Waals surface area contributed by atoms with Crippen LogP contribution in [-0.4, -0.2) is 41.1 Å². The van der Waals surface area contributed by atoms with E-state index in [9.17, 15) is 4.79 Å². The predicted octanol–water partition coefficient (Wildman–Crippen LogP) is 2.32. The van der Waals surface area contributed by atoms with E-state index < -0.39 is 0 Å². The Hall–Kier alpha value is -0.220. The lowest BCUT2D eigenvalue weighted by molar-refractivity contribution is -0.132. The van der Waals surface area contributed by atoms with E-state index in [4.69, 9.17) is 0 Å². The zero-order chi connectivity index (χ0) is 13.1. The van der Waals surface area contributed by atoms with Gasteiger partial charge in [0.25, 0.3) is 0 Å². The maximum Gasteiger partial charge on any atom is 0.243 e. The van der Waals surface area contributed by atoms with Crippen LogP contribution in [0.4, 0.5) is 0 Å². The van der Waals surface area contributed by atoms with Crippen LogP contribution in [0.25, 0.3) is 0 Å². The smallest absolute Gasteiger partial charge is 0.243 e. The molecule has 1 amide bonds. The number of hydrogen-bond acceptors (Lipinski definition) is 3. The Morgan fingerprint density at radius 2 is 2.18 bits per heavy atom. The third-order valence-corrected chi connectivity index (χ3v) is 4.12. The van der Waals surface area contributed by atoms with E-state index in [2.05, 4.69) is 32.3 Å². The van der Waals surface area contributed by atoms with Crippen molar-refractivity contribution in [2.24, 2.45) is 5.92 Å². The molecule has 1 saturated heterocycles. The molecule has 1 aliphatic rings. The second-order valence-corrected chi connectivity index (χ2v) is 6.45. The lowest BCUT2D eigenvalue weighted by Crippen LogP contribution is -2.44. The first-order valence-electron chi connectivity index (χ1n) is 6.52. The summed E-state index contributed by atoms with van der Waals surface area (Å²) in [6.07, 6.45) is 4.20. The Kier molecular flexibility index (Phi) is 5.32. The number of hydrogen-bond donors (Lipinski definition) is 1. The van der Waals surface area contributed by atoms with Gasteiger partial charge in [-0.3, -0.25) is 10.1 Å². The molecule has 0 aromatic heterocycles. The zero-order valence-electron chi connectivity index (χ0n) is 11.7. The molecule has 0 aromatic rings. The maximum absolute atomic E-state index is 12.4. The van der Waals surface area contributed by atoms with Crippen molar-refractivity contribution in [1.29, 1.82) is 0 Å². The minimum absolute atomic E-state index is 0.222. The van der Waals surface area contributed by atoms with Gasteiger partial charge in [-0.15, -0.1) is 0 Å². The fourth-order valence-corrected chi connectivity index (χ4v) is 2.68. The molecule has 0 spiro atoms. The van der Waals surface area contributed by atoms with Crippen LogP contribution in [0, 0.1) is 5.92 Å². The normalized spacial score (nSPS) is 29.4. The molecule has 1 N–H and O–H groups in total. The number of nitrogens with one attached hydrogen (secondary N) is 1. The van der Waals surface area contributed by atoms with Crippen LogP contribution < -0.4 is 5.32 Å². The van der Waals surface area contributed by atoms with Crippen LogP contribution in [0.2, 0.25) is 0 Å². The van der Waals surface area contributed by atoms with Crippen molar-refractivity contribution in [3.05, 3.63) is 0 Å². The summed E-state index contributed by atoms with van der Waals surface area (Å²) in [5.74, 6) is 1.90. The molecule has 4 heteroatoms. The average Bonchev–Trinajstić information content (AvgIpc) is 2.49. The van der Waals surface area contributed by atoms with Crippen LogP contribution in [0.3, 0.4) is 0 Å². The van der Waals surface area contributed by atoms with Crippen molar-refractivity contribution in [2.75, 3.05) is 18.6 Å². The minimum Gasteiger partial charge on any atom is -0.325 e. The highest BCUT2D eigenvalue weighted by Gasteiger charge is 2.46. The molecule has 0 aromatic carbocycles. The topological polar surface area (TPSA) is 32.3 Å². The second kappa shape index (κ2) is 6.10. The van der Waals surface area contributed by atoms with Gasteiger partial charge in [0.1, 0.15) is 0 Å². The SMILES string of the molecule is CCC1(C)NC(CC(C)C)N(CCSC)C1=O. The van der Waals surface area contributed by atoms with Crippen molar-refractivity contribution in [1.82, 2.24) is 10.2 Å². The lowest BCUT2D eigenvalue weighted by Gasteiger charge is -2.25. The van der Waals surface area contributed by atoms with Gasteiger partial charge in [-0.1, -0.05) is 20.8 Å². The Labute approximate surface area is 110 Å². The fraction of sp³-hybridized carbons (Fsp3) is 0.923. The number of nitrogens with zero attached hydrogens (tertiary/aromatic N) is 1. The Balaban J connectivity index is 2.76. The van der Waals surface area contributed by atoms with E-state index in [0.717, 1.165) is 25.1 Å². The summed E-state index contributed by atoms with van der Waals surface area (Å²) in [4.78, 5) is 14.5. The first kappa shape index (κ1) is 14.8. The monoisotopic (exact) mass is 258 g/mol. The molecule has 0 radical (unpaired) electrons. The minimum atomic E-state index is -0.349. The quantitative estimate of drug-likeness (QED) is 0.793. The van der Waals surface area contributed by atoms with Crippen molar-refractivity contribution in [3.8, 4) is 0 Å². The summed E-state index contributed by atoms with van der Waals surface area (Å²) in [7, 11) is 0. The summed E-state index contributed by atoms with van der Waals surface area (Å²) in [5, 5.41) is 3.52. The number of rotatable bonds is 6. The van der Waals surface area contributed by atoms with Gasteiger partial charge in [0, 0.05) is 12.3 Å². The number of amides is 1. The molecule has 1 rings (SSSR count). The van der Waals surface area contributed by atoms with Gasteiger partial charge in [0.15, 0.2) is 0 Å². The zero-order valence-corrected chi connectivity index (χ0v) is 12.6. The standard InChI is InChI=1S/C13H26N2OS/c1-6-13(4)12(16)15(7-8-17-5)11(14-13)9-10(2)3/h10-11,14H,6-9H2,1-5H3. The van der Waals surface area contributed by atoms with Crippen molar-refractivity contribution in [2.45, 2.75) is 52.2 Å². The van der Waals surface area contributed by atoms with Crippen LogP contribution in [-0.2, 0) is 4.79 Å². The van der Waals surface area contributed by atoms with Gasteiger partial charge in [0.05, 0.1) is 11.7 Å². The Morgan fingerprint density at radius 1 is 1.53 bits per heavy atom. The van der Waals surface area contributed by atoms with E-state index in [1.165, 1.54) is 0 Å². The first-order chi connectivity index (χ1) is 7.94. The van der Waals surface area contributed by atoms with Gasteiger partial charge < -0.3 is 4.90 Å². The largest absolute Gasteiger partial charge is 0.325 e. The molecule has 0 saturated carbocycles. The van der Waals surface area contributed by atoms with Gasteiger partial charge in [0.2, 0.25) is 5.91 Å². The van der Waals surface area contributed by atoms with Crippen LogP contribution in [0.1, 0.15) is 40.5 Å². The van der Waals surface area contributed by atoms with E-state index in [1.54, 1.807) is 11.8 Å². The summed E-state index contributed by atoms with van der Waals surface area (Å²) >= 11 is 1.80. The number of thioether (sulfide) groups is 1. The summed E-state index contributed by atoms with van der Waals surface area (Å²) in [6, 6.07) is 0. The van der Waals surface area contributed by atoms with Gasteiger partial charge >= 0.3 is 0 Å². The highest BCUT2D eigenvalue weighted by Crippen LogP contribution is 2.26. The molecule has 3 nitrogen and oxygen atoms in total. The van der Waals surface area contributed by atoms with Crippen LogP contribution in [0.5, 0.6) is 0 Å². The average molecular weight is 258 g/mol. The summed E-state index contributed by atoms with van der Waals surface area (Å²) in [6.45, 7) is 9.39. The van der Waals surface area contributed by atoms with Gasteiger partial charge in [-0.25, -0.2) is 0 Å². The maximum atomic E-state index is 12.4. The summed E-state index contributed by atoms with van der Waals surface area (Å²) < 4.78 is 0. The molecule has 1 heterocycles. The van der Waals surface area contributed by atoms with Crippen molar-refractivity contribution in [3.63, 3.8) is 0 Å². The Bertz CT molecular complexity index is 270. The van der Waals surface area contributed by atoms with Crippen molar-refractivity contribution >= 4 is 17.7 Å². The Morgan fingerprint density at radius 3 is 2.65 bits per heavy atom. The molecular weight excluding hydrogens is 232 g/mol. The van der Waals surface area contributed by atoms with Crippen LogP contribution >= 0.6 is 11.8 Å². The van der Waals surface area contributed by atoms with Gasteiger partial charge in [-0.05, 0) is 31.9 Å². The lowest BCUT2D eigenvalue weighted by atomic mass is 9.99. The highest BCUT2D eigenvalue weighted by molar-refractivity contribution is 7.98. The molecule has 0 bridgehead atoms. The molecule has 100 valence electrons. The molecular formula is C13H26N2OS.